The van der Waals surface area contributed by atoms with Crippen molar-refractivity contribution in [1.82, 2.24) is 5.32 Å². The Labute approximate surface area is 99.4 Å². The summed E-state index contributed by atoms with van der Waals surface area (Å²) in [6, 6.07) is 3.93. The van der Waals surface area contributed by atoms with E-state index in [0.29, 0.717) is 18.7 Å². The molecule has 1 amide bonds. The minimum Gasteiger partial charge on any atom is -0.494 e. The van der Waals surface area contributed by atoms with E-state index >= 15 is 0 Å². The van der Waals surface area contributed by atoms with E-state index in [4.69, 9.17) is 10.5 Å². The van der Waals surface area contributed by atoms with Gasteiger partial charge in [0.05, 0.1) is 7.11 Å². The van der Waals surface area contributed by atoms with Crippen LogP contribution in [0.15, 0.2) is 18.2 Å². The third-order valence-electron chi connectivity index (χ3n) is 1.84. The standard InChI is InChI=1S/C10H13FN2O2.ClH/c1-15-9-6-7(2-3-8(9)11)10(14)13-5-4-12;/h2-3,6H,4-5,12H2,1H3,(H,13,14);1H. The fourth-order valence-electron chi connectivity index (χ4n) is 1.09. The number of methoxy groups -OCH3 is 1. The van der Waals surface area contributed by atoms with Gasteiger partial charge in [0, 0.05) is 18.7 Å². The van der Waals surface area contributed by atoms with Crippen molar-refractivity contribution in [3.05, 3.63) is 29.6 Å². The van der Waals surface area contributed by atoms with Crippen molar-refractivity contribution in [3.8, 4) is 5.75 Å². The molecule has 3 N–H and O–H groups in total. The zero-order chi connectivity index (χ0) is 11.3. The van der Waals surface area contributed by atoms with Crippen LogP contribution in [0.2, 0.25) is 0 Å². The quantitative estimate of drug-likeness (QED) is 0.834. The van der Waals surface area contributed by atoms with Gasteiger partial charge in [-0.05, 0) is 18.2 Å². The van der Waals surface area contributed by atoms with Crippen molar-refractivity contribution in [2.45, 2.75) is 0 Å². The van der Waals surface area contributed by atoms with Gasteiger partial charge in [-0.2, -0.15) is 0 Å². The van der Waals surface area contributed by atoms with Crippen LogP contribution in [0.5, 0.6) is 5.75 Å². The summed E-state index contributed by atoms with van der Waals surface area (Å²) < 4.78 is 17.8. The first-order valence-corrected chi connectivity index (χ1v) is 4.51. The Hall–Kier alpha value is -1.33. The molecular formula is C10H14ClFN2O2. The molecule has 0 unspecified atom stereocenters. The molecule has 0 spiro atoms. The van der Waals surface area contributed by atoms with Gasteiger partial charge >= 0.3 is 0 Å². The molecule has 0 atom stereocenters. The third kappa shape index (κ3) is 3.67. The Morgan fingerprint density at radius 3 is 2.81 bits per heavy atom. The van der Waals surface area contributed by atoms with Gasteiger partial charge in [-0.3, -0.25) is 4.79 Å². The van der Waals surface area contributed by atoms with Gasteiger partial charge in [-0.25, -0.2) is 4.39 Å². The molecule has 1 aromatic carbocycles. The number of nitrogens with one attached hydrogen (secondary N) is 1. The number of ether oxygens (including phenoxy) is 1. The van der Waals surface area contributed by atoms with Crippen LogP contribution in [0.4, 0.5) is 4.39 Å². The van der Waals surface area contributed by atoms with Gasteiger partial charge in [0.2, 0.25) is 0 Å². The number of hydrogen-bond donors (Lipinski definition) is 2. The first kappa shape index (κ1) is 14.7. The molecule has 16 heavy (non-hydrogen) atoms. The van der Waals surface area contributed by atoms with Gasteiger partial charge < -0.3 is 15.8 Å². The zero-order valence-electron chi connectivity index (χ0n) is 8.83. The Bertz CT molecular complexity index is 361. The number of carbonyl (C=O) groups is 1. The number of carbonyl (C=O) groups excluding carboxylic acids is 1. The maximum atomic E-state index is 13.0. The highest BCUT2D eigenvalue weighted by atomic mass is 35.5. The summed E-state index contributed by atoms with van der Waals surface area (Å²) in [7, 11) is 1.35. The maximum absolute atomic E-state index is 13.0. The molecule has 4 nitrogen and oxygen atoms in total. The second-order valence-electron chi connectivity index (χ2n) is 2.89. The molecule has 0 heterocycles. The number of benzene rings is 1. The smallest absolute Gasteiger partial charge is 0.251 e. The lowest BCUT2D eigenvalue weighted by Crippen LogP contribution is -2.28. The van der Waals surface area contributed by atoms with Gasteiger partial charge in [-0.1, -0.05) is 0 Å². The van der Waals surface area contributed by atoms with Gasteiger partial charge in [0.1, 0.15) is 0 Å². The molecule has 6 heteroatoms. The van der Waals surface area contributed by atoms with Gasteiger partial charge in [0.25, 0.3) is 5.91 Å². The predicted molar refractivity (Wildman–Crippen MR) is 61.6 cm³/mol. The fourth-order valence-corrected chi connectivity index (χ4v) is 1.09. The number of halogens is 2. The third-order valence-corrected chi connectivity index (χ3v) is 1.84. The summed E-state index contributed by atoms with van der Waals surface area (Å²) in [5.74, 6) is -0.734. The normalized spacial score (nSPS) is 9.19. The van der Waals surface area contributed by atoms with E-state index in [-0.39, 0.29) is 24.1 Å². The summed E-state index contributed by atoms with van der Waals surface area (Å²) in [5.41, 5.74) is 5.58. The lowest BCUT2D eigenvalue weighted by molar-refractivity contribution is 0.0954. The van der Waals surface area contributed by atoms with Crippen molar-refractivity contribution < 1.29 is 13.9 Å². The second-order valence-corrected chi connectivity index (χ2v) is 2.89. The summed E-state index contributed by atoms with van der Waals surface area (Å²) in [6.45, 7) is 0.753. The van der Waals surface area contributed by atoms with Gasteiger partial charge in [0.15, 0.2) is 11.6 Å². The maximum Gasteiger partial charge on any atom is 0.251 e. The van der Waals surface area contributed by atoms with Gasteiger partial charge in [-0.15, -0.1) is 12.4 Å². The van der Waals surface area contributed by atoms with Crippen molar-refractivity contribution in [2.24, 2.45) is 5.73 Å². The highest BCUT2D eigenvalue weighted by Gasteiger charge is 2.08. The average Bonchev–Trinajstić information content (AvgIpc) is 2.26. The topological polar surface area (TPSA) is 64.3 Å². The van der Waals surface area contributed by atoms with E-state index in [1.807, 2.05) is 0 Å². The lowest BCUT2D eigenvalue weighted by atomic mass is 10.2. The molecule has 0 fully saturated rings. The monoisotopic (exact) mass is 248 g/mol. The SMILES string of the molecule is COc1cc(C(=O)NCCN)ccc1F.Cl. The molecule has 1 aromatic rings. The largest absolute Gasteiger partial charge is 0.494 e. The fraction of sp³-hybridized carbons (Fsp3) is 0.300. The average molecular weight is 249 g/mol. The van der Waals surface area contributed by atoms with Crippen molar-refractivity contribution >= 4 is 18.3 Å². The van der Waals surface area contributed by atoms with E-state index in [9.17, 15) is 9.18 Å². The second kappa shape index (κ2) is 7.03. The number of nitrogens with two attached hydrogens (primary N) is 1. The number of rotatable bonds is 4. The molecule has 0 aliphatic heterocycles. The zero-order valence-corrected chi connectivity index (χ0v) is 9.64. The first-order chi connectivity index (χ1) is 7.19. The van der Waals surface area contributed by atoms with Crippen molar-refractivity contribution in [3.63, 3.8) is 0 Å². The number of hydrogen-bond acceptors (Lipinski definition) is 3. The molecule has 0 radical (unpaired) electrons. The number of amides is 1. The summed E-state index contributed by atoms with van der Waals surface area (Å²) in [6.07, 6.45) is 0. The van der Waals surface area contributed by atoms with Crippen LogP contribution in [0.3, 0.4) is 0 Å². The molecule has 0 aliphatic rings. The van der Waals surface area contributed by atoms with Crippen molar-refractivity contribution in [1.29, 1.82) is 0 Å². The van der Waals surface area contributed by atoms with Crippen LogP contribution in [-0.2, 0) is 0 Å². The van der Waals surface area contributed by atoms with Crippen LogP contribution in [0.25, 0.3) is 0 Å². The van der Waals surface area contributed by atoms with E-state index in [1.54, 1.807) is 0 Å². The van der Waals surface area contributed by atoms with E-state index in [1.165, 1.54) is 25.3 Å². The molecule has 0 aliphatic carbocycles. The summed E-state index contributed by atoms with van der Waals surface area (Å²) >= 11 is 0. The Balaban J connectivity index is 0.00000225. The molecule has 0 saturated heterocycles. The first-order valence-electron chi connectivity index (χ1n) is 4.51. The lowest BCUT2D eigenvalue weighted by Gasteiger charge is -2.06. The van der Waals surface area contributed by atoms with Crippen LogP contribution in [0.1, 0.15) is 10.4 Å². The van der Waals surface area contributed by atoms with E-state index < -0.39 is 5.82 Å². The molecule has 0 saturated carbocycles. The Morgan fingerprint density at radius 1 is 1.56 bits per heavy atom. The van der Waals surface area contributed by atoms with Crippen LogP contribution >= 0.6 is 12.4 Å². The minimum atomic E-state index is -0.493. The summed E-state index contributed by atoms with van der Waals surface area (Å²) in [4.78, 5) is 11.4. The molecule has 1 rings (SSSR count). The van der Waals surface area contributed by atoms with Crippen LogP contribution < -0.4 is 15.8 Å². The molecule has 0 aromatic heterocycles. The Kier molecular flexibility index (Phi) is 6.44. The predicted octanol–water partition coefficient (Wildman–Crippen LogP) is 0.945. The van der Waals surface area contributed by atoms with E-state index in [0.717, 1.165) is 0 Å². The summed E-state index contributed by atoms with van der Waals surface area (Å²) in [5, 5.41) is 2.58. The molecular weight excluding hydrogens is 235 g/mol. The van der Waals surface area contributed by atoms with Crippen LogP contribution in [0, 0.1) is 5.82 Å². The van der Waals surface area contributed by atoms with Crippen LogP contribution in [-0.4, -0.2) is 26.1 Å². The highest BCUT2D eigenvalue weighted by Crippen LogP contribution is 2.17. The van der Waals surface area contributed by atoms with Crippen molar-refractivity contribution in [2.75, 3.05) is 20.2 Å². The highest BCUT2D eigenvalue weighted by molar-refractivity contribution is 5.94. The van der Waals surface area contributed by atoms with E-state index in [2.05, 4.69) is 5.32 Å². The molecule has 0 bridgehead atoms. The Morgan fingerprint density at radius 2 is 2.25 bits per heavy atom. The minimum absolute atomic E-state index is 0. The molecule has 90 valence electrons.